The SMILES string of the molecule is CC.Cc1cccnc1I. The van der Waals surface area contributed by atoms with Crippen LogP contribution in [0.5, 0.6) is 0 Å². The Morgan fingerprint density at radius 1 is 1.40 bits per heavy atom. The third-order valence-electron chi connectivity index (χ3n) is 0.946. The summed E-state index contributed by atoms with van der Waals surface area (Å²) in [7, 11) is 0. The second-order valence-electron chi connectivity index (χ2n) is 1.61. The monoisotopic (exact) mass is 249 g/mol. The first-order valence-corrected chi connectivity index (χ1v) is 4.45. The Kier molecular flexibility index (Phi) is 5.58. The molecule has 2 heteroatoms. The molecule has 0 bridgehead atoms. The maximum atomic E-state index is 4.07. The van der Waals surface area contributed by atoms with Crippen LogP contribution in [0.1, 0.15) is 19.4 Å². The summed E-state index contributed by atoms with van der Waals surface area (Å²) in [6.07, 6.45) is 1.80. The molecule has 0 spiro atoms. The van der Waals surface area contributed by atoms with Crippen molar-refractivity contribution in [3.8, 4) is 0 Å². The molecular formula is C8H12IN. The highest BCUT2D eigenvalue weighted by atomic mass is 127. The van der Waals surface area contributed by atoms with E-state index in [0.717, 1.165) is 3.70 Å². The smallest absolute Gasteiger partial charge is 0.104 e. The number of pyridine rings is 1. The van der Waals surface area contributed by atoms with Gasteiger partial charge >= 0.3 is 0 Å². The van der Waals surface area contributed by atoms with Crippen LogP contribution in [0.2, 0.25) is 0 Å². The van der Waals surface area contributed by atoms with E-state index in [2.05, 4.69) is 40.6 Å². The highest BCUT2D eigenvalue weighted by Crippen LogP contribution is 2.04. The van der Waals surface area contributed by atoms with Crippen molar-refractivity contribution in [1.82, 2.24) is 4.98 Å². The van der Waals surface area contributed by atoms with Gasteiger partial charge in [-0.1, -0.05) is 19.9 Å². The predicted molar refractivity (Wildman–Crippen MR) is 53.0 cm³/mol. The van der Waals surface area contributed by atoms with Gasteiger partial charge in [0.15, 0.2) is 0 Å². The molecule has 0 aliphatic carbocycles. The predicted octanol–water partition coefficient (Wildman–Crippen LogP) is 3.02. The number of rotatable bonds is 0. The highest BCUT2D eigenvalue weighted by Gasteiger charge is 1.87. The van der Waals surface area contributed by atoms with Crippen molar-refractivity contribution in [3.63, 3.8) is 0 Å². The summed E-state index contributed by atoms with van der Waals surface area (Å²) < 4.78 is 1.09. The Hall–Kier alpha value is -0.120. The first-order valence-electron chi connectivity index (χ1n) is 3.38. The molecule has 0 aromatic carbocycles. The number of halogens is 1. The van der Waals surface area contributed by atoms with E-state index in [9.17, 15) is 0 Å². The molecule has 1 aromatic heterocycles. The van der Waals surface area contributed by atoms with Crippen LogP contribution >= 0.6 is 22.6 Å². The molecule has 1 rings (SSSR count). The average Bonchev–Trinajstić information content (AvgIpc) is 2.00. The van der Waals surface area contributed by atoms with E-state index in [1.807, 2.05) is 19.9 Å². The zero-order chi connectivity index (χ0) is 7.98. The lowest BCUT2D eigenvalue weighted by Crippen LogP contribution is -1.81. The molecule has 0 saturated heterocycles. The third-order valence-corrected chi connectivity index (χ3v) is 2.07. The molecule has 0 N–H and O–H groups in total. The molecule has 0 aliphatic heterocycles. The molecular weight excluding hydrogens is 237 g/mol. The van der Waals surface area contributed by atoms with Gasteiger partial charge in [-0.3, -0.25) is 4.98 Å². The van der Waals surface area contributed by atoms with Crippen LogP contribution < -0.4 is 0 Å². The molecule has 10 heavy (non-hydrogen) atoms. The second kappa shape index (κ2) is 5.65. The largest absolute Gasteiger partial charge is 0.250 e. The lowest BCUT2D eigenvalue weighted by molar-refractivity contribution is 1.21. The lowest BCUT2D eigenvalue weighted by Gasteiger charge is -1.90. The summed E-state index contributed by atoms with van der Waals surface area (Å²) in [5, 5.41) is 0. The van der Waals surface area contributed by atoms with Gasteiger partial charge in [-0.2, -0.15) is 0 Å². The summed E-state index contributed by atoms with van der Waals surface area (Å²) in [5.74, 6) is 0. The van der Waals surface area contributed by atoms with Gasteiger partial charge in [-0.15, -0.1) is 0 Å². The molecule has 0 unspecified atom stereocenters. The third kappa shape index (κ3) is 3.15. The van der Waals surface area contributed by atoms with Gasteiger partial charge in [-0.25, -0.2) is 0 Å². The first-order chi connectivity index (χ1) is 4.80. The second-order valence-corrected chi connectivity index (χ2v) is 2.63. The van der Waals surface area contributed by atoms with E-state index < -0.39 is 0 Å². The highest BCUT2D eigenvalue weighted by molar-refractivity contribution is 14.1. The summed E-state index contributed by atoms with van der Waals surface area (Å²) in [5.41, 5.74) is 1.24. The van der Waals surface area contributed by atoms with Gasteiger partial charge in [0, 0.05) is 6.20 Å². The van der Waals surface area contributed by atoms with Gasteiger partial charge in [0.05, 0.1) is 0 Å². The van der Waals surface area contributed by atoms with Crippen molar-refractivity contribution >= 4 is 22.6 Å². The summed E-state index contributed by atoms with van der Waals surface area (Å²) in [4.78, 5) is 4.07. The zero-order valence-electron chi connectivity index (χ0n) is 6.56. The lowest BCUT2D eigenvalue weighted by atomic mass is 10.3. The standard InChI is InChI=1S/C6H6IN.C2H6/c1-5-3-2-4-8-6(5)7;1-2/h2-4H,1H3;1-2H3. The molecule has 0 atom stereocenters. The summed E-state index contributed by atoms with van der Waals surface area (Å²) in [6, 6.07) is 3.99. The van der Waals surface area contributed by atoms with E-state index >= 15 is 0 Å². The van der Waals surface area contributed by atoms with Crippen LogP contribution in [0.4, 0.5) is 0 Å². The fourth-order valence-electron chi connectivity index (χ4n) is 0.466. The Labute approximate surface area is 76.0 Å². The number of hydrogen-bond acceptors (Lipinski definition) is 1. The Morgan fingerprint density at radius 3 is 2.30 bits per heavy atom. The summed E-state index contributed by atoms with van der Waals surface area (Å²) in [6.45, 7) is 6.05. The van der Waals surface area contributed by atoms with Crippen molar-refractivity contribution in [2.45, 2.75) is 20.8 Å². The Balaban J connectivity index is 0.000000371. The molecule has 0 fully saturated rings. The van der Waals surface area contributed by atoms with Crippen LogP contribution in [-0.4, -0.2) is 4.98 Å². The number of hydrogen-bond donors (Lipinski definition) is 0. The minimum atomic E-state index is 1.09. The van der Waals surface area contributed by atoms with Crippen molar-refractivity contribution in [2.75, 3.05) is 0 Å². The molecule has 1 nitrogen and oxygen atoms in total. The van der Waals surface area contributed by atoms with E-state index in [0.29, 0.717) is 0 Å². The maximum Gasteiger partial charge on any atom is 0.104 e. The van der Waals surface area contributed by atoms with Crippen LogP contribution in [0.25, 0.3) is 0 Å². The zero-order valence-corrected chi connectivity index (χ0v) is 8.71. The van der Waals surface area contributed by atoms with Gasteiger partial charge < -0.3 is 0 Å². The number of aromatic nitrogens is 1. The van der Waals surface area contributed by atoms with E-state index in [1.165, 1.54) is 5.56 Å². The molecule has 0 aliphatic rings. The van der Waals surface area contributed by atoms with Gasteiger partial charge in [0.1, 0.15) is 3.70 Å². The number of nitrogens with zero attached hydrogens (tertiary/aromatic N) is 1. The summed E-state index contributed by atoms with van der Waals surface area (Å²) >= 11 is 2.21. The van der Waals surface area contributed by atoms with Crippen LogP contribution in [-0.2, 0) is 0 Å². The van der Waals surface area contributed by atoms with E-state index in [-0.39, 0.29) is 0 Å². The normalized spacial score (nSPS) is 8.00. The van der Waals surface area contributed by atoms with E-state index in [4.69, 9.17) is 0 Å². The first kappa shape index (κ1) is 9.88. The van der Waals surface area contributed by atoms with Crippen LogP contribution in [0.3, 0.4) is 0 Å². The minimum absolute atomic E-state index is 1.09. The fourth-order valence-corrected chi connectivity index (χ4v) is 0.807. The molecule has 0 saturated carbocycles. The Morgan fingerprint density at radius 2 is 2.00 bits per heavy atom. The van der Waals surface area contributed by atoms with Crippen molar-refractivity contribution in [3.05, 3.63) is 27.6 Å². The molecule has 0 amide bonds. The van der Waals surface area contributed by atoms with Crippen molar-refractivity contribution in [2.24, 2.45) is 0 Å². The van der Waals surface area contributed by atoms with Crippen molar-refractivity contribution < 1.29 is 0 Å². The van der Waals surface area contributed by atoms with Gasteiger partial charge in [-0.05, 0) is 41.1 Å². The molecule has 1 heterocycles. The quantitative estimate of drug-likeness (QED) is 0.508. The molecule has 56 valence electrons. The minimum Gasteiger partial charge on any atom is -0.250 e. The number of aryl methyl sites for hydroxylation is 1. The molecule has 0 radical (unpaired) electrons. The van der Waals surface area contributed by atoms with Crippen LogP contribution in [0, 0.1) is 10.6 Å². The van der Waals surface area contributed by atoms with Gasteiger partial charge in [0.25, 0.3) is 0 Å². The average molecular weight is 249 g/mol. The van der Waals surface area contributed by atoms with Crippen molar-refractivity contribution in [1.29, 1.82) is 0 Å². The van der Waals surface area contributed by atoms with Crippen LogP contribution in [0.15, 0.2) is 18.3 Å². The topological polar surface area (TPSA) is 12.9 Å². The Bertz CT molecular complexity index is 165. The molecule has 1 aromatic rings. The van der Waals surface area contributed by atoms with E-state index in [1.54, 1.807) is 6.20 Å². The van der Waals surface area contributed by atoms with Gasteiger partial charge in [0.2, 0.25) is 0 Å². The fraction of sp³-hybridized carbons (Fsp3) is 0.375. The maximum absolute atomic E-state index is 4.07.